The van der Waals surface area contributed by atoms with Gasteiger partial charge in [-0.25, -0.2) is 0 Å². The van der Waals surface area contributed by atoms with Gasteiger partial charge in [-0.05, 0) is 22.6 Å². The summed E-state index contributed by atoms with van der Waals surface area (Å²) in [5, 5.41) is 31.6. The monoisotopic (exact) mass is 413 g/mol. The van der Waals surface area contributed by atoms with Crippen molar-refractivity contribution in [1.29, 1.82) is 0 Å². The van der Waals surface area contributed by atoms with E-state index < -0.39 is 24.5 Å². The van der Waals surface area contributed by atoms with Crippen LogP contribution in [0.1, 0.15) is 0 Å². The normalized spacial score (nSPS) is 29.2. The van der Waals surface area contributed by atoms with Gasteiger partial charge in [-0.2, -0.15) is 4.98 Å². The number of halogens is 1. The lowest BCUT2D eigenvalue weighted by Gasteiger charge is -2.35. The van der Waals surface area contributed by atoms with Gasteiger partial charge in [0.25, 0.3) is 5.56 Å². The molecule has 0 aliphatic carbocycles. The van der Waals surface area contributed by atoms with Crippen LogP contribution in [0, 0.1) is 3.57 Å². The first-order valence-corrected chi connectivity index (χ1v) is 7.17. The van der Waals surface area contributed by atoms with Crippen molar-refractivity contribution >= 4 is 28.4 Å². The zero-order valence-electron chi connectivity index (χ0n) is 11.4. The third-order valence-corrected chi connectivity index (χ3v) is 4.13. The predicted molar refractivity (Wildman–Crippen MR) is 80.1 cm³/mol. The number of ether oxygens (including phenoxy) is 2. The molecule has 0 amide bonds. The van der Waals surface area contributed by atoms with Gasteiger partial charge in [-0.1, -0.05) is 0 Å². The van der Waals surface area contributed by atoms with Gasteiger partial charge in [0.15, 0.2) is 12.0 Å². The highest BCUT2D eigenvalue weighted by Crippen LogP contribution is 2.21. The molecule has 4 N–H and O–H groups in total. The van der Waals surface area contributed by atoms with Crippen molar-refractivity contribution in [1.82, 2.24) is 9.55 Å². The second kappa shape index (κ2) is 6.44. The highest BCUT2D eigenvalue weighted by molar-refractivity contribution is 14.1. The highest BCUT2D eigenvalue weighted by Gasteiger charge is 2.38. The summed E-state index contributed by atoms with van der Waals surface area (Å²) in [6.45, 7) is -0.144. The van der Waals surface area contributed by atoms with Crippen LogP contribution in [0.5, 0.6) is 6.01 Å². The minimum atomic E-state index is -1.36. The molecule has 0 bridgehead atoms. The fraction of sp³-hybridized carbons (Fsp3) is 0.636. The summed E-state index contributed by atoms with van der Waals surface area (Å²) in [5.41, 5.74) is -0.323. The van der Waals surface area contributed by atoms with Gasteiger partial charge < -0.3 is 30.1 Å². The molecule has 1 aliphatic rings. The fourth-order valence-corrected chi connectivity index (χ4v) is 2.54. The van der Waals surface area contributed by atoms with Crippen molar-refractivity contribution in [2.75, 3.05) is 19.0 Å². The van der Waals surface area contributed by atoms with Crippen molar-refractivity contribution < 1.29 is 24.8 Å². The molecule has 2 rings (SSSR count). The maximum atomic E-state index is 12.0. The molecule has 0 spiro atoms. The molecule has 1 aromatic rings. The number of anilines is 1. The molecule has 1 saturated heterocycles. The number of aliphatic hydroxyl groups is 3. The van der Waals surface area contributed by atoms with E-state index in [1.54, 1.807) is 0 Å². The van der Waals surface area contributed by atoms with Crippen LogP contribution in [0.3, 0.4) is 0 Å². The number of aromatic nitrogens is 2. The first-order valence-electron chi connectivity index (χ1n) is 6.09. The van der Waals surface area contributed by atoms with Crippen LogP contribution in [-0.2, 0) is 11.8 Å². The molecule has 4 atom stereocenters. The summed E-state index contributed by atoms with van der Waals surface area (Å²) >= 11 is 1.81. The molecular weight excluding hydrogens is 397 g/mol. The standard InChI is InChI=1S/C11H16IN3O6/c1-15-10(19)5(12)8(14-11(15)20-2)13-9-7(18)6(17)4(16)3-21-9/h4,6-7,9,13,16-18H,3H2,1-2H3/t4-,6-,7+,9+/m1/s1. The maximum absolute atomic E-state index is 12.0. The topological polar surface area (TPSA) is 126 Å². The molecule has 0 aromatic carbocycles. The lowest BCUT2D eigenvalue weighted by Crippen LogP contribution is -2.55. The summed E-state index contributed by atoms with van der Waals surface area (Å²) in [7, 11) is 2.90. The maximum Gasteiger partial charge on any atom is 0.300 e. The van der Waals surface area contributed by atoms with Crippen LogP contribution in [-0.4, -0.2) is 63.1 Å². The Balaban J connectivity index is 2.28. The molecule has 0 radical (unpaired) electrons. The van der Waals surface area contributed by atoms with Gasteiger partial charge in [0.2, 0.25) is 0 Å². The molecule has 0 unspecified atom stereocenters. The molecule has 2 heterocycles. The number of aliphatic hydroxyl groups excluding tert-OH is 3. The largest absolute Gasteiger partial charge is 0.468 e. The van der Waals surface area contributed by atoms with E-state index in [-0.39, 0.29) is 27.6 Å². The molecule has 21 heavy (non-hydrogen) atoms. The Labute approximate surface area is 133 Å². The van der Waals surface area contributed by atoms with Gasteiger partial charge in [-0.3, -0.25) is 9.36 Å². The number of nitrogens with one attached hydrogen (secondary N) is 1. The average Bonchev–Trinajstić information content (AvgIpc) is 2.48. The zero-order valence-corrected chi connectivity index (χ0v) is 13.5. The van der Waals surface area contributed by atoms with Crippen LogP contribution in [0.25, 0.3) is 0 Å². The first-order chi connectivity index (χ1) is 9.86. The van der Waals surface area contributed by atoms with Crippen LogP contribution in [0.2, 0.25) is 0 Å². The third kappa shape index (κ3) is 3.13. The minimum Gasteiger partial charge on any atom is -0.468 e. The molecule has 1 aliphatic heterocycles. The van der Waals surface area contributed by atoms with Gasteiger partial charge in [0.05, 0.1) is 13.7 Å². The lowest BCUT2D eigenvalue weighted by molar-refractivity contribution is -0.178. The lowest BCUT2D eigenvalue weighted by atomic mass is 10.0. The van der Waals surface area contributed by atoms with Crippen LogP contribution in [0.15, 0.2) is 4.79 Å². The Kier molecular flexibility index (Phi) is 5.03. The van der Waals surface area contributed by atoms with Gasteiger partial charge in [0.1, 0.15) is 21.9 Å². The van der Waals surface area contributed by atoms with Crippen LogP contribution < -0.4 is 15.6 Å². The molecule has 9 nitrogen and oxygen atoms in total. The summed E-state index contributed by atoms with van der Waals surface area (Å²) < 4.78 is 11.7. The van der Waals surface area contributed by atoms with Crippen molar-refractivity contribution in [3.8, 4) is 6.01 Å². The SMILES string of the molecule is COc1nc(N[C@H]2OC[C@@H](O)[C@@H](O)[C@@H]2O)c(I)c(=O)n1C. The third-order valence-electron chi connectivity index (χ3n) is 3.16. The van der Waals surface area contributed by atoms with Gasteiger partial charge in [0, 0.05) is 7.05 Å². The number of hydrogen-bond acceptors (Lipinski definition) is 8. The van der Waals surface area contributed by atoms with Crippen molar-refractivity contribution in [3.63, 3.8) is 0 Å². The summed E-state index contributed by atoms with van der Waals surface area (Å²) in [6, 6.07) is 0.0915. The quantitative estimate of drug-likeness (QED) is 0.430. The zero-order chi connectivity index (χ0) is 15.7. The van der Waals surface area contributed by atoms with E-state index >= 15 is 0 Å². The summed E-state index contributed by atoms with van der Waals surface area (Å²) in [4.78, 5) is 16.1. The highest BCUT2D eigenvalue weighted by atomic mass is 127. The van der Waals surface area contributed by atoms with E-state index in [9.17, 15) is 20.1 Å². The Morgan fingerprint density at radius 1 is 1.43 bits per heavy atom. The molecule has 118 valence electrons. The summed E-state index contributed by atoms with van der Waals surface area (Å²) in [5.74, 6) is 0.170. The smallest absolute Gasteiger partial charge is 0.300 e. The van der Waals surface area contributed by atoms with Gasteiger partial charge >= 0.3 is 6.01 Å². The molecular formula is C11H16IN3O6. The predicted octanol–water partition coefficient (Wildman–Crippen LogP) is -1.76. The second-order valence-corrected chi connectivity index (χ2v) is 5.65. The molecule has 10 heteroatoms. The number of methoxy groups -OCH3 is 1. The van der Waals surface area contributed by atoms with Crippen LogP contribution in [0.4, 0.5) is 5.82 Å². The van der Waals surface area contributed by atoms with E-state index in [0.29, 0.717) is 0 Å². The number of nitrogens with zero attached hydrogens (tertiary/aromatic N) is 2. The first kappa shape index (κ1) is 16.4. The average molecular weight is 413 g/mol. The van der Waals surface area contributed by atoms with Crippen molar-refractivity contribution in [3.05, 3.63) is 13.9 Å². The number of rotatable bonds is 3. The van der Waals surface area contributed by atoms with E-state index in [1.165, 1.54) is 18.7 Å². The minimum absolute atomic E-state index is 0.0915. The second-order valence-electron chi connectivity index (χ2n) is 4.57. The van der Waals surface area contributed by atoms with Crippen LogP contribution >= 0.6 is 22.6 Å². The van der Waals surface area contributed by atoms with E-state index in [0.717, 1.165) is 0 Å². The van der Waals surface area contributed by atoms with Crippen molar-refractivity contribution in [2.24, 2.45) is 7.05 Å². The van der Waals surface area contributed by atoms with E-state index in [2.05, 4.69) is 10.3 Å². The number of hydrogen-bond donors (Lipinski definition) is 4. The van der Waals surface area contributed by atoms with Gasteiger partial charge in [-0.15, -0.1) is 0 Å². The Morgan fingerprint density at radius 2 is 2.10 bits per heavy atom. The molecule has 1 fully saturated rings. The molecule has 1 aromatic heterocycles. The summed E-state index contributed by atoms with van der Waals surface area (Å²) in [6.07, 6.45) is -4.87. The Hall–Kier alpha value is -0.950. The molecule has 0 saturated carbocycles. The fourth-order valence-electron chi connectivity index (χ4n) is 1.90. The van der Waals surface area contributed by atoms with E-state index in [4.69, 9.17) is 9.47 Å². The van der Waals surface area contributed by atoms with Crippen molar-refractivity contribution in [2.45, 2.75) is 24.5 Å². The van der Waals surface area contributed by atoms with E-state index in [1.807, 2.05) is 22.6 Å². The Bertz CT molecular complexity index is 580. The Morgan fingerprint density at radius 3 is 2.71 bits per heavy atom.